The number of rotatable bonds is 6. The van der Waals surface area contributed by atoms with E-state index in [9.17, 15) is 19.5 Å². The summed E-state index contributed by atoms with van der Waals surface area (Å²) < 4.78 is 1.41. The van der Waals surface area contributed by atoms with Crippen molar-refractivity contribution in [2.24, 2.45) is 5.92 Å². The molecular formula is C22H26N2O4. The molecule has 1 amide bonds. The second kappa shape index (κ2) is 8.97. The van der Waals surface area contributed by atoms with E-state index < -0.39 is 17.6 Å². The molecule has 28 heavy (non-hydrogen) atoms. The van der Waals surface area contributed by atoms with Crippen molar-refractivity contribution >= 4 is 11.7 Å². The van der Waals surface area contributed by atoms with E-state index in [1.54, 1.807) is 0 Å². The Bertz CT molecular complexity index is 904. The van der Waals surface area contributed by atoms with E-state index in [1.165, 1.54) is 23.9 Å². The van der Waals surface area contributed by atoms with Crippen LogP contribution < -0.4 is 10.9 Å². The Morgan fingerprint density at radius 2 is 1.89 bits per heavy atom. The number of Topliss-reactive ketones (excluding diaryl/α,β-unsaturated/α-hetero) is 1. The Hall–Kier alpha value is -2.73. The quantitative estimate of drug-likeness (QED) is 0.751. The molecule has 6 heteroatoms. The summed E-state index contributed by atoms with van der Waals surface area (Å²) in [7, 11) is 1.45. The van der Waals surface area contributed by atoms with Gasteiger partial charge in [0, 0.05) is 25.2 Å². The molecule has 1 aliphatic rings. The molecule has 6 nitrogen and oxygen atoms in total. The minimum Gasteiger partial charge on any atom is -0.393 e. The van der Waals surface area contributed by atoms with Gasteiger partial charge in [0.2, 0.25) is 0 Å². The maximum absolute atomic E-state index is 12.9. The van der Waals surface area contributed by atoms with E-state index in [1.807, 2.05) is 30.3 Å². The average Bonchev–Trinajstić information content (AvgIpc) is 2.71. The van der Waals surface area contributed by atoms with Gasteiger partial charge in [-0.15, -0.1) is 0 Å². The van der Waals surface area contributed by atoms with Gasteiger partial charge < -0.3 is 15.0 Å². The SMILES string of the molecule is CNC(=O)c1cc(C(=O)C[C@@H]2CCCC[C@H]2O)cn(Cc2ccccc2)c1=O. The third-order valence-corrected chi connectivity index (χ3v) is 5.39. The molecule has 0 spiro atoms. The lowest BCUT2D eigenvalue weighted by atomic mass is 9.82. The lowest BCUT2D eigenvalue weighted by molar-refractivity contribution is 0.0583. The van der Waals surface area contributed by atoms with Crippen LogP contribution in [0.3, 0.4) is 0 Å². The fraction of sp³-hybridized carbons (Fsp3) is 0.409. The first-order chi connectivity index (χ1) is 13.5. The molecule has 1 aromatic carbocycles. The second-order valence-electron chi connectivity index (χ2n) is 7.38. The third-order valence-electron chi connectivity index (χ3n) is 5.39. The standard InChI is InChI=1S/C22H26N2O4/c1-23-21(27)18-11-17(20(26)12-16-9-5-6-10-19(16)25)14-24(22(18)28)13-15-7-3-2-4-8-15/h2-4,7-8,11,14,16,19,25H,5-6,9-10,12-13H2,1H3,(H,23,27)/t16-,19+/m0/s1. The summed E-state index contributed by atoms with van der Waals surface area (Å²) in [4.78, 5) is 37.8. The smallest absolute Gasteiger partial charge is 0.263 e. The number of aliphatic hydroxyl groups excluding tert-OH is 1. The monoisotopic (exact) mass is 382 g/mol. The van der Waals surface area contributed by atoms with Crippen LogP contribution in [0.1, 0.15) is 58.4 Å². The molecule has 3 rings (SSSR count). The largest absolute Gasteiger partial charge is 0.393 e. The van der Waals surface area contributed by atoms with Gasteiger partial charge in [0.15, 0.2) is 5.78 Å². The number of carbonyl (C=O) groups is 2. The van der Waals surface area contributed by atoms with E-state index in [2.05, 4.69) is 5.32 Å². The first kappa shape index (κ1) is 20.0. The second-order valence-corrected chi connectivity index (χ2v) is 7.38. The van der Waals surface area contributed by atoms with Gasteiger partial charge in [0.25, 0.3) is 11.5 Å². The zero-order valence-corrected chi connectivity index (χ0v) is 16.1. The summed E-state index contributed by atoms with van der Waals surface area (Å²) in [6.07, 6.45) is 4.80. The van der Waals surface area contributed by atoms with Gasteiger partial charge in [-0.3, -0.25) is 14.4 Å². The molecule has 0 aliphatic heterocycles. The summed E-state index contributed by atoms with van der Waals surface area (Å²) in [5.41, 5.74) is 0.748. The highest BCUT2D eigenvalue weighted by molar-refractivity contribution is 6.00. The van der Waals surface area contributed by atoms with Gasteiger partial charge >= 0.3 is 0 Å². The van der Waals surface area contributed by atoms with Crippen molar-refractivity contribution in [3.05, 3.63) is 69.6 Å². The highest BCUT2D eigenvalue weighted by Crippen LogP contribution is 2.28. The number of ketones is 1. The van der Waals surface area contributed by atoms with Crippen LogP contribution in [0.15, 0.2) is 47.4 Å². The molecular weight excluding hydrogens is 356 g/mol. The summed E-state index contributed by atoms with van der Waals surface area (Å²) in [5.74, 6) is -0.740. The molecule has 0 radical (unpaired) electrons. The molecule has 2 N–H and O–H groups in total. The van der Waals surface area contributed by atoms with Crippen LogP contribution in [-0.4, -0.2) is 34.5 Å². The number of nitrogens with zero attached hydrogens (tertiary/aromatic N) is 1. The zero-order valence-electron chi connectivity index (χ0n) is 16.1. The predicted molar refractivity (Wildman–Crippen MR) is 107 cm³/mol. The van der Waals surface area contributed by atoms with Gasteiger partial charge in [-0.2, -0.15) is 0 Å². The number of carbonyl (C=O) groups excluding carboxylic acids is 2. The van der Waals surface area contributed by atoms with Gasteiger partial charge in [0.05, 0.1) is 12.6 Å². The van der Waals surface area contributed by atoms with Crippen molar-refractivity contribution in [1.82, 2.24) is 9.88 Å². The minimum atomic E-state index is -0.515. The number of aromatic nitrogens is 1. The van der Waals surface area contributed by atoms with E-state index in [-0.39, 0.29) is 30.2 Å². The van der Waals surface area contributed by atoms with Gasteiger partial charge in [-0.1, -0.05) is 43.2 Å². The number of amides is 1. The predicted octanol–water partition coefficient (Wildman–Crippen LogP) is 2.38. The van der Waals surface area contributed by atoms with Crippen molar-refractivity contribution in [1.29, 1.82) is 0 Å². The van der Waals surface area contributed by atoms with Crippen molar-refractivity contribution in [2.75, 3.05) is 7.05 Å². The van der Waals surface area contributed by atoms with Crippen LogP contribution in [0.4, 0.5) is 0 Å². The van der Waals surface area contributed by atoms with E-state index in [4.69, 9.17) is 0 Å². The van der Waals surface area contributed by atoms with Crippen LogP contribution >= 0.6 is 0 Å². The molecule has 0 unspecified atom stereocenters. The van der Waals surface area contributed by atoms with Crippen LogP contribution in [0, 0.1) is 5.92 Å². The molecule has 2 atom stereocenters. The summed E-state index contributed by atoms with van der Waals surface area (Å²) >= 11 is 0. The Balaban J connectivity index is 1.93. The van der Waals surface area contributed by atoms with E-state index in [0.29, 0.717) is 5.56 Å². The highest BCUT2D eigenvalue weighted by atomic mass is 16.3. The minimum absolute atomic E-state index is 0.0477. The third kappa shape index (κ3) is 4.57. The van der Waals surface area contributed by atoms with E-state index in [0.717, 1.165) is 31.2 Å². The summed E-state index contributed by atoms with van der Waals surface area (Å²) in [5, 5.41) is 12.6. The van der Waals surface area contributed by atoms with Crippen LogP contribution in [0.2, 0.25) is 0 Å². The Morgan fingerprint density at radius 3 is 2.57 bits per heavy atom. The zero-order chi connectivity index (χ0) is 20.1. The molecule has 148 valence electrons. The highest BCUT2D eigenvalue weighted by Gasteiger charge is 2.26. The molecule has 1 saturated carbocycles. The fourth-order valence-electron chi connectivity index (χ4n) is 3.77. The Morgan fingerprint density at radius 1 is 1.18 bits per heavy atom. The summed E-state index contributed by atoms with van der Waals surface area (Å²) in [6, 6.07) is 10.8. The van der Waals surface area contributed by atoms with Gasteiger partial charge in [-0.25, -0.2) is 0 Å². The number of nitrogens with one attached hydrogen (secondary N) is 1. The van der Waals surface area contributed by atoms with Crippen LogP contribution in [0.5, 0.6) is 0 Å². The van der Waals surface area contributed by atoms with E-state index >= 15 is 0 Å². The van der Waals surface area contributed by atoms with Gasteiger partial charge in [0.1, 0.15) is 5.56 Å². The maximum atomic E-state index is 12.9. The average molecular weight is 382 g/mol. The molecule has 2 aromatic rings. The van der Waals surface area contributed by atoms with Crippen molar-refractivity contribution < 1.29 is 14.7 Å². The number of aliphatic hydroxyl groups is 1. The molecule has 0 bridgehead atoms. The lowest BCUT2D eigenvalue weighted by Crippen LogP contribution is -2.33. The van der Waals surface area contributed by atoms with Gasteiger partial charge in [-0.05, 0) is 30.4 Å². The summed E-state index contributed by atoms with van der Waals surface area (Å²) in [6.45, 7) is 0.275. The Labute approximate surface area is 164 Å². The molecule has 1 fully saturated rings. The number of pyridine rings is 1. The molecule has 0 saturated heterocycles. The molecule has 1 aromatic heterocycles. The first-order valence-electron chi connectivity index (χ1n) is 9.71. The fourth-order valence-corrected chi connectivity index (χ4v) is 3.77. The number of benzene rings is 1. The normalized spacial score (nSPS) is 19.2. The Kier molecular flexibility index (Phi) is 6.41. The lowest BCUT2D eigenvalue weighted by Gasteiger charge is -2.27. The van der Waals surface area contributed by atoms with Crippen molar-refractivity contribution in [3.63, 3.8) is 0 Å². The number of hydrogen-bond donors (Lipinski definition) is 2. The first-order valence-corrected chi connectivity index (χ1v) is 9.71. The topological polar surface area (TPSA) is 88.4 Å². The van der Waals surface area contributed by atoms with Crippen molar-refractivity contribution in [3.8, 4) is 0 Å². The van der Waals surface area contributed by atoms with Crippen LogP contribution in [0.25, 0.3) is 0 Å². The van der Waals surface area contributed by atoms with Crippen LogP contribution in [-0.2, 0) is 6.54 Å². The van der Waals surface area contributed by atoms with Crippen molar-refractivity contribution in [2.45, 2.75) is 44.8 Å². The maximum Gasteiger partial charge on any atom is 0.263 e. The number of hydrogen-bond acceptors (Lipinski definition) is 4. The molecule has 1 heterocycles. The molecule has 1 aliphatic carbocycles.